The molecule has 0 aromatic carbocycles. The first-order valence-electron chi connectivity index (χ1n) is 3.97. The van der Waals surface area contributed by atoms with Crippen molar-refractivity contribution in [3.8, 4) is 0 Å². The zero-order chi connectivity index (χ0) is 11.7. The van der Waals surface area contributed by atoms with E-state index in [0.29, 0.717) is 0 Å². The summed E-state index contributed by atoms with van der Waals surface area (Å²) in [4.78, 5) is 20.0. The summed E-state index contributed by atoms with van der Waals surface area (Å²) in [6.45, 7) is 5.39. The molecule has 0 rings (SSSR count). The molecule has 0 aromatic rings. The third-order valence-corrected chi connectivity index (χ3v) is 0.813. The number of halogens is 2. The van der Waals surface area contributed by atoms with Crippen molar-refractivity contribution in [2.24, 2.45) is 0 Å². The number of carbonyl (C=O) groups is 2. The van der Waals surface area contributed by atoms with Crippen LogP contribution in [0.25, 0.3) is 0 Å². The van der Waals surface area contributed by atoms with Crippen molar-refractivity contribution in [2.75, 3.05) is 0 Å². The zero-order valence-electron chi connectivity index (χ0n) is 10.0. The largest absolute Gasteiger partial charge is 4.00 e. The average Bonchev–Trinajstić information content (AvgIpc) is 1.79. The molecule has 0 atom stereocenters. The van der Waals surface area contributed by atoms with E-state index in [1.165, 1.54) is 27.7 Å². The maximum atomic E-state index is 9.98. The fourth-order valence-electron chi connectivity index (χ4n) is 0.572. The van der Waals surface area contributed by atoms with Gasteiger partial charge in [-0.2, -0.15) is 0 Å². The second-order valence-corrected chi connectivity index (χ2v) is 2.73. The molecule has 0 heterocycles. The average molecular weight is 388 g/mol. The molecule has 0 N–H and O–H groups in total. The van der Waals surface area contributed by atoms with Crippen molar-refractivity contribution in [3.63, 3.8) is 0 Å². The normalized spacial score (nSPS) is 9.41. The topological polar surface area (TPSA) is 80.3 Å². The Morgan fingerprint density at radius 3 is 0.941 bits per heavy atom. The van der Waals surface area contributed by atoms with Gasteiger partial charge in [0.05, 0.1) is 0 Å². The molecule has 0 fully saturated rings. The van der Waals surface area contributed by atoms with E-state index in [0.717, 1.165) is 12.2 Å². The van der Waals surface area contributed by atoms with Gasteiger partial charge in [-0.3, -0.25) is 9.59 Å². The van der Waals surface area contributed by atoms with Gasteiger partial charge in [-0.15, -0.1) is 11.5 Å². The molecule has 96 valence electrons. The van der Waals surface area contributed by atoms with Crippen LogP contribution >= 0.6 is 0 Å². The Kier molecular flexibility index (Phi) is 32.2. The molecule has 0 radical (unpaired) electrons. The van der Waals surface area contributed by atoms with Crippen molar-refractivity contribution < 1.29 is 44.6 Å². The van der Waals surface area contributed by atoms with Crippen LogP contribution in [0.15, 0.2) is 23.7 Å². The summed E-state index contributed by atoms with van der Waals surface area (Å²) >= 11 is 0. The predicted molar refractivity (Wildman–Crippen MR) is 54.6 cm³/mol. The monoisotopic (exact) mass is 388 g/mol. The van der Waals surface area contributed by atoms with E-state index in [4.69, 9.17) is 0 Å². The molecule has 0 aliphatic heterocycles. The summed E-state index contributed by atoms with van der Waals surface area (Å²) in [5.41, 5.74) is 0. The van der Waals surface area contributed by atoms with Gasteiger partial charge in [0.1, 0.15) is 0 Å². The number of carbonyl (C=O) groups excluding carboxylic acids is 2. The minimum absolute atomic E-state index is 0. The molecule has 0 spiro atoms. The van der Waals surface area contributed by atoms with Crippen LogP contribution in [0.3, 0.4) is 0 Å². The standard InChI is InChI=1S/2C5H8O2.2ClH.Sn/c2*1-4(6)3-5(2)7;;;/h2*3,6H,1-2H3;2*1H;/q;;;;+4/p-4/b2*4-3+;;;. The van der Waals surface area contributed by atoms with Gasteiger partial charge in [-0.1, -0.05) is 13.8 Å². The molecule has 4 nitrogen and oxygen atoms in total. The van der Waals surface area contributed by atoms with Crippen LogP contribution in [0, 0.1) is 0 Å². The number of hydrogen-bond acceptors (Lipinski definition) is 4. The van der Waals surface area contributed by atoms with E-state index >= 15 is 0 Å². The zero-order valence-corrected chi connectivity index (χ0v) is 14.4. The smallest absolute Gasteiger partial charge is 1.00 e. The van der Waals surface area contributed by atoms with Crippen molar-refractivity contribution in [2.45, 2.75) is 27.7 Å². The van der Waals surface area contributed by atoms with Gasteiger partial charge in [0, 0.05) is 0 Å². The third kappa shape index (κ3) is 49.5. The number of allylic oxidation sites excluding steroid dienone is 4. The first-order chi connectivity index (χ1) is 6.25. The van der Waals surface area contributed by atoms with Gasteiger partial charge in [-0.05, 0) is 26.0 Å². The van der Waals surface area contributed by atoms with Crippen LogP contribution in [0.4, 0.5) is 0 Å². The van der Waals surface area contributed by atoms with Gasteiger partial charge in [0.25, 0.3) is 0 Å². The van der Waals surface area contributed by atoms with Crippen molar-refractivity contribution in [3.05, 3.63) is 23.7 Å². The van der Waals surface area contributed by atoms with E-state index in [2.05, 4.69) is 0 Å². The quantitative estimate of drug-likeness (QED) is 0.268. The molecule has 0 amide bonds. The van der Waals surface area contributed by atoms with E-state index in [1.54, 1.807) is 0 Å². The third-order valence-electron chi connectivity index (χ3n) is 0.813. The second-order valence-electron chi connectivity index (χ2n) is 2.73. The molecule has 0 bridgehead atoms. The molecule has 0 unspecified atom stereocenters. The summed E-state index contributed by atoms with van der Waals surface area (Å²) in [7, 11) is 0. The van der Waals surface area contributed by atoms with Crippen LogP contribution in [0.2, 0.25) is 0 Å². The van der Waals surface area contributed by atoms with E-state index < -0.39 is 0 Å². The Labute approximate surface area is 131 Å². The Hall–Kier alpha value is -0.201. The molecule has 0 aromatic heterocycles. The Bertz CT molecular complexity index is 239. The number of rotatable bonds is 2. The summed E-state index contributed by atoms with van der Waals surface area (Å²) in [5, 5.41) is 20.0. The maximum Gasteiger partial charge on any atom is 4.00 e. The van der Waals surface area contributed by atoms with Crippen LogP contribution in [0.1, 0.15) is 27.7 Å². The van der Waals surface area contributed by atoms with Gasteiger partial charge in [0.15, 0.2) is 11.6 Å². The second kappa shape index (κ2) is 18.2. The van der Waals surface area contributed by atoms with Crippen LogP contribution in [-0.2, 0) is 9.59 Å². The van der Waals surface area contributed by atoms with Gasteiger partial charge >= 0.3 is 23.9 Å². The van der Waals surface area contributed by atoms with Gasteiger partial charge in [0.2, 0.25) is 0 Å². The fraction of sp³-hybridized carbons (Fsp3) is 0.400. The Balaban J connectivity index is -0.0000000480. The molecule has 7 heteroatoms. The van der Waals surface area contributed by atoms with Crippen LogP contribution in [-0.4, -0.2) is 35.5 Å². The van der Waals surface area contributed by atoms with Crippen LogP contribution in [0.5, 0.6) is 0 Å². The first-order valence-corrected chi connectivity index (χ1v) is 3.97. The molecule has 0 aliphatic carbocycles. The predicted octanol–water partition coefficient (Wildman–Crippen LogP) is -6.69. The summed E-state index contributed by atoms with van der Waals surface area (Å²) in [6, 6.07) is 0. The van der Waals surface area contributed by atoms with Crippen molar-refractivity contribution in [1.29, 1.82) is 0 Å². The molecule has 17 heavy (non-hydrogen) atoms. The molecule has 0 aliphatic rings. The summed E-state index contributed by atoms with van der Waals surface area (Å²) in [6.07, 6.45) is 2.11. The van der Waals surface area contributed by atoms with Crippen molar-refractivity contribution in [1.82, 2.24) is 0 Å². The minimum atomic E-state index is -0.187. The van der Waals surface area contributed by atoms with Gasteiger partial charge in [-0.25, -0.2) is 0 Å². The maximum absolute atomic E-state index is 9.98. The Morgan fingerprint density at radius 2 is 0.941 bits per heavy atom. The number of ketones is 2. The first kappa shape index (κ1) is 30.1. The Morgan fingerprint density at radius 1 is 0.765 bits per heavy atom. The fourth-order valence-corrected chi connectivity index (χ4v) is 0.572. The molecular weight excluding hydrogens is 374 g/mol. The van der Waals surface area contributed by atoms with E-state index in [-0.39, 0.29) is 71.8 Å². The SMILES string of the molecule is CC(=O)/C=C(\C)[O-].CC(=O)/C=C(\C)[O-].[Cl-].[Cl-].[Sn+4]. The van der Waals surface area contributed by atoms with E-state index in [1.807, 2.05) is 0 Å². The summed E-state index contributed by atoms with van der Waals surface area (Å²) in [5.74, 6) is -0.750. The minimum Gasteiger partial charge on any atom is -1.00 e. The molecule has 0 saturated heterocycles. The van der Waals surface area contributed by atoms with Crippen LogP contribution < -0.4 is 35.0 Å². The molecular formula is C10H14Cl2O4Sn. The van der Waals surface area contributed by atoms with Crippen molar-refractivity contribution >= 4 is 35.5 Å². The molecule has 0 saturated carbocycles. The number of hydrogen-bond donors (Lipinski definition) is 0. The van der Waals surface area contributed by atoms with Gasteiger partial charge < -0.3 is 35.0 Å². The van der Waals surface area contributed by atoms with E-state index in [9.17, 15) is 19.8 Å². The summed E-state index contributed by atoms with van der Waals surface area (Å²) < 4.78 is 0.